The normalized spacial score (nSPS) is 10.2. The molecule has 0 unspecified atom stereocenters. The number of aromatic nitrogens is 1. The van der Waals surface area contributed by atoms with Crippen molar-refractivity contribution in [1.29, 1.82) is 0 Å². The quantitative estimate of drug-likeness (QED) is 0.305. The van der Waals surface area contributed by atoms with Gasteiger partial charge in [0.05, 0.1) is 11.4 Å². The van der Waals surface area contributed by atoms with E-state index >= 15 is 0 Å². The molecule has 1 rings (SSSR count). The molecule has 0 fully saturated rings. The molecule has 0 saturated carbocycles. The van der Waals surface area contributed by atoms with Gasteiger partial charge in [0.2, 0.25) is 0 Å². The fourth-order valence-corrected chi connectivity index (χ4v) is 0.611. The maximum Gasteiger partial charge on any atom is 0.103 e. The van der Waals surface area contributed by atoms with Crippen molar-refractivity contribution in [3.8, 4) is 0 Å². The monoisotopic (exact) mass is 427 g/mol. The van der Waals surface area contributed by atoms with Crippen molar-refractivity contribution in [2.75, 3.05) is 0 Å². The second-order valence-electron chi connectivity index (χ2n) is 4.67. The molecule has 0 spiro atoms. The van der Waals surface area contributed by atoms with Gasteiger partial charge in [0.25, 0.3) is 0 Å². The molecule has 1 aromatic heterocycles. The molecule has 157 valence electrons. The van der Waals surface area contributed by atoms with Crippen LogP contribution in [0, 0.1) is 16.2 Å². The molecule has 0 aliphatic heterocycles. The second kappa shape index (κ2) is 26.1. The topological polar surface area (TPSA) is 136 Å². The Morgan fingerprint density at radius 1 is 0.926 bits per heavy atom. The zero-order valence-electron chi connectivity index (χ0n) is 16.6. The smallest absolute Gasteiger partial charge is 0.103 e. The van der Waals surface area contributed by atoms with Gasteiger partial charge in [-0.15, -0.1) is 9.81 Å². The van der Waals surface area contributed by atoms with Gasteiger partial charge in [0, 0.05) is 29.2 Å². The maximum absolute atomic E-state index is 9.65. The Morgan fingerprint density at radius 3 is 1.33 bits per heavy atom. The number of hydroxylamine groups is 2. The van der Waals surface area contributed by atoms with Gasteiger partial charge in [-0.05, 0) is 50.2 Å². The molecule has 0 aromatic carbocycles. The molecule has 0 atom stereocenters. The maximum atomic E-state index is 9.65. The summed E-state index contributed by atoms with van der Waals surface area (Å²) >= 11 is 0. The summed E-state index contributed by atoms with van der Waals surface area (Å²) in [5.74, 6) is 0. The fraction of sp³-hybridized carbons (Fsp3) is 0.412. The van der Waals surface area contributed by atoms with Gasteiger partial charge in [-0.3, -0.25) is 26.4 Å². The zero-order chi connectivity index (χ0) is 20.8. The summed E-state index contributed by atoms with van der Waals surface area (Å²) in [5.41, 5.74) is 4.87. The first-order valence-electron chi connectivity index (χ1n) is 7.80. The van der Waals surface area contributed by atoms with E-state index in [4.69, 9.17) is 10.4 Å². The number of unbranched alkanes of at least 4 members (excludes halogenated alkanes) is 1. The molecule has 10 heteroatoms. The van der Waals surface area contributed by atoms with E-state index in [2.05, 4.69) is 35.6 Å². The Bertz CT molecular complexity index is 467. The summed E-state index contributed by atoms with van der Waals surface area (Å²) in [4.78, 5) is 23.1. The van der Waals surface area contributed by atoms with Crippen molar-refractivity contribution < 1.29 is 27.2 Å². The summed E-state index contributed by atoms with van der Waals surface area (Å²) in [5, 5.41) is 21.4. The standard InChI is InChI=1S/C5H5N.2C4H8N2O2.C4H9.Co/c1-2-4-6-5-3-1;2*1-3(5-7)4(2)6-8;1-3-4-2;/h1-5H;2*5,7H,1-2H3;3H,4H2,1-2H3;/q;;;-1;/b;2*4-3-;;. The molecule has 0 aliphatic rings. The Labute approximate surface area is 171 Å². The molecule has 0 amide bonds. The van der Waals surface area contributed by atoms with E-state index < -0.39 is 0 Å². The average Bonchev–Trinajstić information content (AvgIpc) is 2.73. The van der Waals surface area contributed by atoms with Crippen molar-refractivity contribution in [2.24, 2.45) is 10.4 Å². The van der Waals surface area contributed by atoms with Crippen LogP contribution in [0.25, 0.3) is 0 Å². The van der Waals surface area contributed by atoms with Crippen LogP contribution in [0.3, 0.4) is 0 Å². The van der Waals surface area contributed by atoms with E-state index in [9.17, 15) is 9.81 Å². The third kappa shape index (κ3) is 26.2. The third-order valence-corrected chi connectivity index (χ3v) is 2.67. The van der Waals surface area contributed by atoms with Crippen molar-refractivity contribution in [3.63, 3.8) is 0 Å². The van der Waals surface area contributed by atoms with Crippen LogP contribution in [-0.4, -0.2) is 15.4 Å². The van der Waals surface area contributed by atoms with E-state index in [0.29, 0.717) is 11.4 Å². The van der Waals surface area contributed by atoms with Crippen LogP contribution >= 0.6 is 0 Å². The van der Waals surface area contributed by atoms with Gasteiger partial charge in [-0.2, -0.15) is 13.3 Å². The number of nitrogens with zero attached hydrogens (tertiary/aromatic N) is 3. The Kier molecular flexibility index (Phi) is 31.4. The molecule has 27 heavy (non-hydrogen) atoms. The van der Waals surface area contributed by atoms with Gasteiger partial charge in [0.1, 0.15) is 11.4 Å². The van der Waals surface area contributed by atoms with E-state index in [1.807, 2.05) is 18.2 Å². The van der Waals surface area contributed by atoms with Crippen LogP contribution in [-0.2, 0) is 16.8 Å². The van der Waals surface area contributed by atoms with Gasteiger partial charge in [-0.1, -0.05) is 13.0 Å². The minimum atomic E-state index is 0. The van der Waals surface area contributed by atoms with E-state index in [-0.39, 0.29) is 28.2 Å². The number of hydrogen-bond acceptors (Lipinski definition) is 9. The Hall–Kier alpha value is -2.14. The zero-order valence-corrected chi connectivity index (χ0v) is 17.6. The molecule has 1 aromatic rings. The first kappa shape index (κ1) is 32.5. The minimum absolute atomic E-state index is 0. The number of allylic oxidation sites excluding steroid dienone is 4. The summed E-state index contributed by atoms with van der Waals surface area (Å²) in [6.07, 6.45) is 6.82. The molecule has 4 N–H and O–H groups in total. The summed E-state index contributed by atoms with van der Waals surface area (Å²) in [7, 11) is 0. The number of nitrogens with one attached hydrogen (secondary N) is 2. The second-order valence-corrected chi connectivity index (χ2v) is 4.67. The number of pyridine rings is 1. The molecular weight excluding hydrogens is 397 g/mol. The molecule has 1 radical (unpaired) electrons. The largest absolute Gasteiger partial charge is 0.332 e. The number of nitroso groups, excluding NO2 is 2. The first-order chi connectivity index (χ1) is 12.4. The van der Waals surface area contributed by atoms with E-state index in [1.165, 1.54) is 20.3 Å². The summed E-state index contributed by atoms with van der Waals surface area (Å²) in [6, 6.07) is 5.72. The molecule has 9 nitrogen and oxygen atoms in total. The van der Waals surface area contributed by atoms with Crippen molar-refractivity contribution in [2.45, 2.75) is 48.0 Å². The minimum Gasteiger partial charge on any atom is -0.332 e. The van der Waals surface area contributed by atoms with Crippen LogP contribution in [0.1, 0.15) is 48.0 Å². The average molecular weight is 427 g/mol. The van der Waals surface area contributed by atoms with Gasteiger partial charge in [0.15, 0.2) is 0 Å². The fourth-order valence-electron chi connectivity index (χ4n) is 0.611. The number of rotatable bonds is 5. The molecule has 0 bridgehead atoms. The first-order valence-corrected chi connectivity index (χ1v) is 7.80. The van der Waals surface area contributed by atoms with Crippen molar-refractivity contribution in [3.05, 3.63) is 69.6 Å². The van der Waals surface area contributed by atoms with E-state index in [0.717, 1.165) is 0 Å². The van der Waals surface area contributed by atoms with E-state index in [1.54, 1.807) is 37.2 Å². The van der Waals surface area contributed by atoms with Gasteiger partial charge < -0.3 is 6.42 Å². The van der Waals surface area contributed by atoms with Crippen LogP contribution in [0.5, 0.6) is 0 Å². The van der Waals surface area contributed by atoms with Crippen LogP contribution in [0.15, 0.2) is 63.7 Å². The predicted octanol–water partition coefficient (Wildman–Crippen LogP) is 4.67. The van der Waals surface area contributed by atoms with Crippen LogP contribution in [0.2, 0.25) is 0 Å². The van der Waals surface area contributed by atoms with Gasteiger partial charge >= 0.3 is 0 Å². The SMILES string of the molecule is C/C(N=O)=C(\C)NO.C/C(N=O)=C(\C)NO.C[CH-]CC.[Co].c1ccncc1. The van der Waals surface area contributed by atoms with Crippen molar-refractivity contribution in [1.82, 2.24) is 15.9 Å². The van der Waals surface area contributed by atoms with Crippen LogP contribution < -0.4 is 11.0 Å². The molecule has 0 saturated heterocycles. The summed E-state index contributed by atoms with van der Waals surface area (Å²) in [6.45, 7) is 10.3. The Balaban J connectivity index is -0.000000133. The third-order valence-electron chi connectivity index (χ3n) is 2.67. The number of hydrogen-bond donors (Lipinski definition) is 4. The Morgan fingerprint density at radius 2 is 1.26 bits per heavy atom. The molecule has 1 heterocycles. The molecular formula is C17H30CoN5O4-. The van der Waals surface area contributed by atoms with Gasteiger partial charge in [-0.25, -0.2) is 0 Å². The van der Waals surface area contributed by atoms with Crippen molar-refractivity contribution >= 4 is 0 Å². The molecule has 0 aliphatic carbocycles. The summed E-state index contributed by atoms with van der Waals surface area (Å²) < 4.78 is 0. The predicted molar refractivity (Wildman–Crippen MR) is 103 cm³/mol. The van der Waals surface area contributed by atoms with Crippen LogP contribution in [0.4, 0.5) is 0 Å².